The molecule has 0 bridgehead atoms. The first-order chi connectivity index (χ1) is 7.27. The van der Waals surface area contributed by atoms with Gasteiger partial charge in [-0.25, -0.2) is 4.39 Å². The lowest BCUT2D eigenvalue weighted by molar-refractivity contribution is 0.103. The second-order valence-corrected chi connectivity index (χ2v) is 3.04. The van der Waals surface area contributed by atoms with Crippen LogP contribution in [0.1, 0.15) is 15.9 Å². The van der Waals surface area contributed by atoms with Crippen LogP contribution in [-0.2, 0) is 0 Å². The Morgan fingerprint density at radius 2 is 1.87 bits per heavy atom. The Morgan fingerprint density at radius 3 is 2.47 bits per heavy atom. The molecule has 0 aliphatic heterocycles. The van der Waals surface area contributed by atoms with Gasteiger partial charge in [-0.1, -0.05) is 12.1 Å². The Morgan fingerprint density at radius 1 is 1.13 bits per heavy atom. The maximum Gasteiger partial charge on any atom is 0.193 e. The maximum atomic E-state index is 12.6. The summed E-state index contributed by atoms with van der Waals surface area (Å²) in [6.07, 6.45) is 0. The van der Waals surface area contributed by atoms with Gasteiger partial charge in [0.05, 0.1) is 0 Å². The number of halogens is 1. The van der Waals surface area contributed by atoms with Crippen molar-refractivity contribution in [2.24, 2.45) is 0 Å². The lowest BCUT2D eigenvalue weighted by atomic mass is 10.0. The zero-order chi connectivity index (χ0) is 10.7. The molecule has 0 atom stereocenters. The highest BCUT2D eigenvalue weighted by Crippen LogP contribution is 2.09. The number of ketones is 1. The highest BCUT2D eigenvalue weighted by atomic mass is 19.1. The van der Waals surface area contributed by atoms with E-state index in [9.17, 15) is 9.18 Å². The van der Waals surface area contributed by atoms with Crippen LogP contribution in [0.5, 0.6) is 0 Å². The molecular weight excluding hydrogens is 191 g/mol. The van der Waals surface area contributed by atoms with E-state index in [-0.39, 0.29) is 11.6 Å². The molecule has 0 unspecified atom stereocenters. The minimum Gasteiger partial charge on any atom is -0.289 e. The third kappa shape index (κ3) is 2.10. The maximum absolute atomic E-state index is 12.6. The minimum absolute atomic E-state index is 0.174. The summed E-state index contributed by atoms with van der Waals surface area (Å²) >= 11 is 0. The molecule has 0 N–H and O–H groups in total. The van der Waals surface area contributed by atoms with E-state index in [0.717, 1.165) is 0 Å². The van der Waals surface area contributed by atoms with E-state index in [0.29, 0.717) is 11.1 Å². The van der Waals surface area contributed by atoms with Crippen molar-refractivity contribution in [1.29, 1.82) is 0 Å². The SMILES string of the molecule is O=C(c1[c]cc[c]c1)c1ccc(F)cc1. The van der Waals surface area contributed by atoms with Gasteiger partial charge in [0.25, 0.3) is 0 Å². The summed E-state index contributed by atoms with van der Waals surface area (Å²) in [5.74, 6) is -0.526. The standard InChI is InChI=1S/C13H7FO/c14-12-8-6-11(7-9-12)13(15)10-4-2-1-3-5-10/h1-2,5-9H. The summed E-state index contributed by atoms with van der Waals surface area (Å²) in [7, 11) is 0. The molecule has 1 nitrogen and oxygen atoms in total. The third-order valence-corrected chi connectivity index (χ3v) is 2.00. The summed E-state index contributed by atoms with van der Waals surface area (Å²) in [6, 6.07) is 15.9. The average molecular weight is 198 g/mol. The van der Waals surface area contributed by atoms with Gasteiger partial charge in [0.1, 0.15) is 5.82 Å². The molecule has 0 saturated heterocycles. The lowest BCUT2D eigenvalue weighted by Crippen LogP contribution is -2.00. The van der Waals surface area contributed by atoms with Crippen LogP contribution in [-0.4, -0.2) is 5.78 Å². The minimum atomic E-state index is -0.352. The van der Waals surface area contributed by atoms with Gasteiger partial charge in [-0.15, -0.1) is 0 Å². The van der Waals surface area contributed by atoms with E-state index >= 15 is 0 Å². The van der Waals surface area contributed by atoms with Gasteiger partial charge >= 0.3 is 0 Å². The number of hydrogen-bond acceptors (Lipinski definition) is 1. The molecule has 0 amide bonds. The van der Waals surface area contributed by atoms with E-state index in [4.69, 9.17) is 0 Å². The highest BCUT2D eigenvalue weighted by Gasteiger charge is 2.07. The Bertz CT molecular complexity index is 460. The van der Waals surface area contributed by atoms with E-state index in [1.54, 1.807) is 18.2 Å². The fourth-order valence-electron chi connectivity index (χ4n) is 1.24. The molecule has 2 rings (SSSR count). The molecule has 15 heavy (non-hydrogen) atoms. The van der Waals surface area contributed by atoms with Crippen LogP contribution >= 0.6 is 0 Å². The fraction of sp³-hybridized carbons (Fsp3) is 0. The molecule has 0 spiro atoms. The van der Waals surface area contributed by atoms with Crippen LogP contribution in [0, 0.1) is 17.9 Å². The van der Waals surface area contributed by atoms with Crippen molar-refractivity contribution in [2.45, 2.75) is 0 Å². The third-order valence-electron chi connectivity index (χ3n) is 2.00. The Labute approximate surface area is 87.2 Å². The molecule has 0 fully saturated rings. The number of carbonyl (C=O) groups excluding carboxylic acids is 1. The first kappa shape index (κ1) is 9.59. The van der Waals surface area contributed by atoms with Crippen molar-refractivity contribution < 1.29 is 9.18 Å². The lowest BCUT2D eigenvalue weighted by Gasteiger charge is -1.99. The zero-order valence-corrected chi connectivity index (χ0v) is 7.83. The summed E-state index contributed by atoms with van der Waals surface area (Å²) in [5.41, 5.74) is 0.886. The smallest absolute Gasteiger partial charge is 0.193 e. The molecule has 0 saturated carbocycles. The van der Waals surface area contributed by atoms with Gasteiger partial charge in [-0.3, -0.25) is 4.79 Å². The average Bonchev–Trinajstić information content (AvgIpc) is 2.30. The summed E-state index contributed by atoms with van der Waals surface area (Å²) in [6.45, 7) is 0. The Balaban J connectivity index is 2.33. The predicted octanol–water partition coefficient (Wildman–Crippen LogP) is 2.66. The molecule has 2 aromatic rings. The van der Waals surface area contributed by atoms with E-state index in [1.807, 2.05) is 0 Å². The fourth-order valence-corrected chi connectivity index (χ4v) is 1.24. The van der Waals surface area contributed by atoms with Gasteiger partial charge in [0, 0.05) is 11.1 Å². The van der Waals surface area contributed by atoms with Gasteiger partial charge in [-0.2, -0.15) is 0 Å². The van der Waals surface area contributed by atoms with E-state index in [1.165, 1.54) is 24.3 Å². The molecule has 0 aliphatic rings. The molecule has 0 aromatic heterocycles. The topological polar surface area (TPSA) is 17.1 Å². The molecular formula is C13H7FO. The van der Waals surface area contributed by atoms with Crippen molar-refractivity contribution >= 4 is 5.78 Å². The first-order valence-electron chi connectivity index (χ1n) is 4.45. The number of hydrogen-bond donors (Lipinski definition) is 0. The number of rotatable bonds is 2. The molecule has 0 aliphatic carbocycles. The highest BCUT2D eigenvalue weighted by molar-refractivity contribution is 6.08. The molecule has 2 radical (unpaired) electrons. The summed E-state index contributed by atoms with van der Waals surface area (Å²) in [5, 5.41) is 0. The van der Waals surface area contributed by atoms with Gasteiger partial charge in [0.15, 0.2) is 5.78 Å². The molecule has 72 valence electrons. The molecule has 0 heterocycles. The van der Waals surface area contributed by atoms with Gasteiger partial charge in [-0.05, 0) is 42.5 Å². The molecule has 2 aromatic carbocycles. The predicted molar refractivity (Wildman–Crippen MR) is 53.9 cm³/mol. The van der Waals surface area contributed by atoms with Crippen LogP contribution < -0.4 is 0 Å². The van der Waals surface area contributed by atoms with E-state index in [2.05, 4.69) is 12.1 Å². The number of carbonyl (C=O) groups is 1. The van der Waals surface area contributed by atoms with Crippen LogP contribution in [0.15, 0.2) is 42.5 Å². The summed E-state index contributed by atoms with van der Waals surface area (Å²) < 4.78 is 12.6. The van der Waals surface area contributed by atoms with Crippen LogP contribution in [0.4, 0.5) is 4.39 Å². The van der Waals surface area contributed by atoms with Crippen LogP contribution in [0.25, 0.3) is 0 Å². The zero-order valence-electron chi connectivity index (χ0n) is 7.83. The quantitative estimate of drug-likeness (QED) is 0.678. The van der Waals surface area contributed by atoms with Crippen molar-refractivity contribution in [3.8, 4) is 0 Å². The van der Waals surface area contributed by atoms with Gasteiger partial charge in [0.2, 0.25) is 0 Å². The molecule has 2 heteroatoms. The first-order valence-corrected chi connectivity index (χ1v) is 4.45. The Kier molecular flexibility index (Phi) is 2.59. The largest absolute Gasteiger partial charge is 0.289 e. The second kappa shape index (κ2) is 4.05. The van der Waals surface area contributed by atoms with Crippen molar-refractivity contribution in [1.82, 2.24) is 0 Å². The van der Waals surface area contributed by atoms with Crippen LogP contribution in [0.3, 0.4) is 0 Å². The van der Waals surface area contributed by atoms with Crippen LogP contribution in [0.2, 0.25) is 0 Å². The van der Waals surface area contributed by atoms with Crippen molar-refractivity contribution in [3.63, 3.8) is 0 Å². The number of benzene rings is 2. The van der Waals surface area contributed by atoms with Crippen molar-refractivity contribution in [2.75, 3.05) is 0 Å². The van der Waals surface area contributed by atoms with Gasteiger partial charge < -0.3 is 0 Å². The van der Waals surface area contributed by atoms with Crippen molar-refractivity contribution in [3.05, 3.63) is 71.5 Å². The van der Waals surface area contributed by atoms with E-state index < -0.39 is 0 Å². The second-order valence-electron chi connectivity index (χ2n) is 3.04. The normalized spacial score (nSPS) is 9.93. The monoisotopic (exact) mass is 198 g/mol. The summed E-state index contributed by atoms with van der Waals surface area (Å²) in [4.78, 5) is 11.8. The Hall–Kier alpha value is -1.96.